The van der Waals surface area contributed by atoms with Crippen LogP contribution in [0, 0.1) is 0 Å². The van der Waals surface area contributed by atoms with Crippen LogP contribution < -0.4 is 5.73 Å². The van der Waals surface area contributed by atoms with Crippen molar-refractivity contribution in [2.45, 2.75) is 39.3 Å². The van der Waals surface area contributed by atoms with Gasteiger partial charge >= 0.3 is 5.97 Å². The molecule has 0 aliphatic rings. The van der Waals surface area contributed by atoms with Crippen LogP contribution in [0.2, 0.25) is 0 Å². The minimum Gasteiger partial charge on any atom is -0.459 e. The smallest absolute Gasteiger partial charge is 0.310 e. The van der Waals surface area contributed by atoms with Crippen molar-refractivity contribution in [2.24, 2.45) is 0 Å². The van der Waals surface area contributed by atoms with Crippen LogP contribution in [0.1, 0.15) is 37.6 Å². The van der Waals surface area contributed by atoms with Gasteiger partial charge in [-0.25, -0.2) is 0 Å². The van der Waals surface area contributed by atoms with Crippen LogP contribution in [0.3, 0.4) is 0 Å². The second-order valence-electron chi connectivity index (χ2n) is 5.08. The molecule has 0 radical (unpaired) electrons. The standard InChI is InChI=1S/C16H21N3O2/c1-3-12(2)19-9-8-14(18-19)11-21-16(20)10-13-6-4-5-7-15(13)17/h4-9,12H,3,10-11,17H2,1-2H3. The molecule has 2 rings (SSSR count). The molecule has 21 heavy (non-hydrogen) atoms. The maximum Gasteiger partial charge on any atom is 0.310 e. The first-order valence-corrected chi connectivity index (χ1v) is 7.13. The average Bonchev–Trinajstić information content (AvgIpc) is 2.96. The number of nitrogens with zero attached hydrogens (tertiary/aromatic N) is 2. The summed E-state index contributed by atoms with van der Waals surface area (Å²) in [6, 6.07) is 9.51. The van der Waals surface area contributed by atoms with Gasteiger partial charge in [-0.3, -0.25) is 9.48 Å². The Morgan fingerprint density at radius 3 is 2.86 bits per heavy atom. The molecular weight excluding hydrogens is 266 g/mol. The monoisotopic (exact) mass is 287 g/mol. The van der Waals surface area contributed by atoms with E-state index in [4.69, 9.17) is 10.5 Å². The molecule has 0 spiro atoms. The van der Waals surface area contributed by atoms with Gasteiger partial charge in [-0.2, -0.15) is 5.10 Å². The minimum absolute atomic E-state index is 0.179. The van der Waals surface area contributed by atoms with Crippen molar-refractivity contribution in [1.29, 1.82) is 0 Å². The number of nitrogens with two attached hydrogens (primary N) is 1. The van der Waals surface area contributed by atoms with Crippen LogP contribution >= 0.6 is 0 Å². The molecule has 0 bridgehead atoms. The van der Waals surface area contributed by atoms with Gasteiger partial charge in [0.2, 0.25) is 0 Å². The predicted molar refractivity (Wildman–Crippen MR) is 81.6 cm³/mol. The molecule has 0 saturated heterocycles. The third-order valence-corrected chi connectivity index (χ3v) is 3.48. The van der Waals surface area contributed by atoms with Crippen LogP contribution in [0.15, 0.2) is 36.5 Å². The van der Waals surface area contributed by atoms with E-state index in [1.807, 2.05) is 35.1 Å². The van der Waals surface area contributed by atoms with Gasteiger partial charge in [0, 0.05) is 17.9 Å². The second kappa shape index (κ2) is 6.92. The average molecular weight is 287 g/mol. The largest absolute Gasteiger partial charge is 0.459 e. The number of esters is 1. The van der Waals surface area contributed by atoms with Gasteiger partial charge in [0.25, 0.3) is 0 Å². The number of carbonyl (C=O) groups is 1. The van der Waals surface area contributed by atoms with Gasteiger partial charge in [0.1, 0.15) is 6.61 Å². The highest BCUT2D eigenvalue weighted by atomic mass is 16.5. The maximum absolute atomic E-state index is 11.8. The molecule has 1 unspecified atom stereocenters. The summed E-state index contributed by atoms with van der Waals surface area (Å²) in [6.07, 6.45) is 3.10. The van der Waals surface area contributed by atoms with E-state index >= 15 is 0 Å². The van der Waals surface area contributed by atoms with E-state index < -0.39 is 0 Å². The first-order valence-electron chi connectivity index (χ1n) is 7.13. The quantitative estimate of drug-likeness (QED) is 0.655. The van der Waals surface area contributed by atoms with E-state index in [0.29, 0.717) is 11.7 Å². The molecule has 0 amide bonds. The zero-order chi connectivity index (χ0) is 15.2. The second-order valence-corrected chi connectivity index (χ2v) is 5.08. The van der Waals surface area contributed by atoms with Crippen molar-refractivity contribution in [3.05, 3.63) is 47.8 Å². The van der Waals surface area contributed by atoms with E-state index in [-0.39, 0.29) is 19.0 Å². The van der Waals surface area contributed by atoms with E-state index in [0.717, 1.165) is 17.7 Å². The van der Waals surface area contributed by atoms with Crippen LogP contribution in [0.4, 0.5) is 5.69 Å². The Balaban J connectivity index is 1.87. The highest BCUT2D eigenvalue weighted by Gasteiger charge is 2.09. The van der Waals surface area contributed by atoms with Gasteiger partial charge in [0.15, 0.2) is 0 Å². The summed E-state index contributed by atoms with van der Waals surface area (Å²) in [7, 11) is 0. The molecular formula is C16H21N3O2. The highest BCUT2D eigenvalue weighted by molar-refractivity contribution is 5.74. The van der Waals surface area contributed by atoms with E-state index in [1.54, 1.807) is 6.07 Å². The lowest BCUT2D eigenvalue weighted by Gasteiger charge is -2.08. The summed E-state index contributed by atoms with van der Waals surface area (Å²) in [5.41, 5.74) is 7.95. The summed E-state index contributed by atoms with van der Waals surface area (Å²) in [5, 5.41) is 4.39. The third kappa shape index (κ3) is 4.08. The molecule has 5 nitrogen and oxygen atoms in total. The number of aromatic nitrogens is 2. The van der Waals surface area contributed by atoms with Crippen molar-refractivity contribution in [2.75, 3.05) is 5.73 Å². The number of nitrogen functional groups attached to an aromatic ring is 1. The van der Waals surface area contributed by atoms with E-state index in [2.05, 4.69) is 18.9 Å². The van der Waals surface area contributed by atoms with Crippen molar-refractivity contribution < 1.29 is 9.53 Å². The molecule has 1 heterocycles. The Morgan fingerprint density at radius 1 is 1.38 bits per heavy atom. The van der Waals surface area contributed by atoms with Crippen LogP contribution in [-0.4, -0.2) is 15.7 Å². The fraction of sp³-hybridized carbons (Fsp3) is 0.375. The van der Waals surface area contributed by atoms with Crippen LogP contribution in [-0.2, 0) is 22.6 Å². The Hall–Kier alpha value is -2.30. The Kier molecular flexibility index (Phi) is 4.98. The molecule has 5 heteroatoms. The van der Waals surface area contributed by atoms with Gasteiger partial charge in [-0.05, 0) is 31.0 Å². The first kappa shape index (κ1) is 15.1. The number of anilines is 1. The summed E-state index contributed by atoms with van der Waals surface area (Å²) >= 11 is 0. The zero-order valence-corrected chi connectivity index (χ0v) is 12.5. The number of benzene rings is 1. The van der Waals surface area contributed by atoms with Crippen molar-refractivity contribution in [1.82, 2.24) is 9.78 Å². The topological polar surface area (TPSA) is 70.1 Å². The van der Waals surface area contributed by atoms with Crippen molar-refractivity contribution >= 4 is 11.7 Å². The lowest BCUT2D eigenvalue weighted by molar-refractivity contribution is -0.144. The maximum atomic E-state index is 11.8. The number of carbonyl (C=O) groups excluding carboxylic acids is 1. The molecule has 2 N–H and O–H groups in total. The fourth-order valence-electron chi connectivity index (χ4n) is 1.94. The molecule has 1 aromatic heterocycles. The van der Waals surface area contributed by atoms with Gasteiger partial charge in [-0.15, -0.1) is 0 Å². The summed E-state index contributed by atoms with van der Waals surface area (Å²) in [6.45, 7) is 4.40. The number of hydrogen-bond donors (Lipinski definition) is 1. The number of ether oxygens (including phenoxy) is 1. The predicted octanol–water partition coefficient (Wildman–Crippen LogP) is 2.72. The molecule has 1 aromatic carbocycles. The van der Waals surface area contributed by atoms with Gasteiger partial charge < -0.3 is 10.5 Å². The molecule has 0 saturated carbocycles. The third-order valence-electron chi connectivity index (χ3n) is 3.48. The van der Waals surface area contributed by atoms with E-state index in [1.165, 1.54) is 0 Å². The molecule has 1 atom stereocenters. The zero-order valence-electron chi connectivity index (χ0n) is 12.5. The number of para-hydroxylation sites is 1. The van der Waals surface area contributed by atoms with Crippen LogP contribution in [0.25, 0.3) is 0 Å². The first-order chi connectivity index (χ1) is 10.1. The minimum atomic E-state index is -0.300. The normalized spacial score (nSPS) is 12.1. The van der Waals surface area contributed by atoms with Crippen LogP contribution in [0.5, 0.6) is 0 Å². The summed E-state index contributed by atoms with van der Waals surface area (Å²) in [4.78, 5) is 11.8. The summed E-state index contributed by atoms with van der Waals surface area (Å²) < 4.78 is 7.13. The Labute approximate surface area is 124 Å². The van der Waals surface area contributed by atoms with Crippen molar-refractivity contribution in [3.63, 3.8) is 0 Å². The Bertz CT molecular complexity index is 607. The molecule has 2 aromatic rings. The van der Waals surface area contributed by atoms with Gasteiger partial charge in [-0.1, -0.05) is 25.1 Å². The number of hydrogen-bond acceptors (Lipinski definition) is 4. The lowest BCUT2D eigenvalue weighted by Crippen LogP contribution is -2.10. The SMILES string of the molecule is CCC(C)n1ccc(COC(=O)Cc2ccccc2N)n1. The fourth-order valence-corrected chi connectivity index (χ4v) is 1.94. The number of rotatable bonds is 6. The van der Waals surface area contributed by atoms with Gasteiger partial charge in [0.05, 0.1) is 12.1 Å². The van der Waals surface area contributed by atoms with Crippen molar-refractivity contribution in [3.8, 4) is 0 Å². The molecule has 0 aliphatic heterocycles. The van der Waals surface area contributed by atoms with E-state index in [9.17, 15) is 4.79 Å². The summed E-state index contributed by atoms with van der Waals surface area (Å²) in [5.74, 6) is -0.300. The lowest BCUT2D eigenvalue weighted by atomic mass is 10.1. The molecule has 0 aliphatic carbocycles. The molecule has 0 fully saturated rings. The molecule has 112 valence electrons. The Morgan fingerprint density at radius 2 is 2.14 bits per heavy atom. The highest BCUT2D eigenvalue weighted by Crippen LogP contribution is 2.13.